The van der Waals surface area contributed by atoms with Gasteiger partial charge in [-0.3, -0.25) is 4.79 Å². The van der Waals surface area contributed by atoms with Crippen LogP contribution in [0.15, 0.2) is 16.7 Å². The third kappa shape index (κ3) is 3.73. The van der Waals surface area contributed by atoms with Gasteiger partial charge in [0.15, 0.2) is 6.20 Å². The Morgan fingerprint density at radius 1 is 1.58 bits per heavy atom. The first kappa shape index (κ1) is 15.6. The van der Waals surface area contributed by atoms with Gasteiger partial charge in [0.2, 0.25) is 0 Å². The summed E-state index contributed by atoms with van der Waals surface area (Å²) >= 11 is 3.22. The average Bonchev–Trinajstić information content (AvgIpc) is 2.35. The summed E-state index contributed by atoms with van der Waals surface area (Å²) in [6, 6.07) is 1.24. The molecule has 0 saturated carbocycles. The van der Waals surface area contributed by atoms with E-state index >= 15 is 0 Å². The van der Waals surface area contributed by atoms with E-state index in [4.69, 9.17) is 0 Å². The molecule has 1 aromatic rings. The molecule has 104 valence electrons. The first-order valence-electron chi connectivity index (χ1n) is 5.99. The topological polar surface area (TPSA) is 76.3 Å². The highest BCUT2D eigenvalue weighted by Gasteiger charge is 2.23. The summed E-state index contributed by atoms with van der Waals surface area (Å²) in [5.41, 5.74) is 0.267. The van der Waals surface area contributed by atoms with Gasteiger partial charge >= 0.3 is 5.82 Å². The summed E-state index contributed by atoms with van der Waals surface area (Å²) in [5.74, 6) is -0.555. The largest absolute Gasteiger partial charge is 0.364 e. The van der Waals surface area contributed by atoms with Gasteiger partial charge in [0.25, 0.3) is 5.91 Å². The van der Waals surface area contributed by atoms with Gasteiger partial charge in [-0.25, -0.2) is 0 Å². The quantitative estimate of drug-likeness (QED) is 0.614. The van der Waals surface area contributed by atoms with Crippen LogP contribution in [0.25, 0.3) is 0 Å². The van der Waals surface area contributed by atoms with Gasteiger partial charge in [0.05, 0.1) is 10.0 Å². The number of aromatic nitrogens is 1. The van der Waals surface area contributed by atoms with Crippen molar-refractivity contribution >= 4 is 27.7 Å². The Kier molecular flexibility index (Phi) is 5.41. The number of rotatable bonds is 5. The molecular formula is C12H16BrN3O3. The Bertz CT molecular complexity index is 491. The Labute approximate surface area is 120 Å². The van der Waals surface area contributed by atoms with Crippen molar-refractivity contribution < 1.29 is 9.72 Å². The molecule has 1 amide bonds. The highest BCUT2D eigenvalue weighted by atomic mass is 79.9. The van der Waals surface area contributed by atoms with Crippen LogP contribution in [0.2, 0.25) is 0 Å². The molecule has 7 heteroatoms. The molecule has 0 aromatic carbocycles. The molecular weight excluding hydrogens is 314 g/mol. The minimum absolute atomic E-state index is 0.0339. The molecule has 0 radical (unpaired) electrons. The third-order valence-corrected chi connectivity index (χ3v) is 3.24. The first-order chi connectivity index (χ1) is 8.88. The van der Waals surface area contributed by atoms with Crippen molar-refractivity contribution in [3.63, 3.8) is 0 Å². The molecule has 0 N–H and O–H groups in total. The lowest BCUT2D eigenvalue weighted by Gasteiger charge is -2.26. The van der Waals surface area contributed by atoms with Gasteiger partial charge in [-0.15, -0.1) is 0 Å². The van der Waals surface area contributed by atoms with Crippen LogP contribution < -0.4 is 0 Å². The number of amides is 1. The Morgan fingerprint density at radius 2 is 2.21 bits per heavy atom. The smallest absolute Gasteiger partial charge is 0.358 e. The zero-order valence-corrected chi connectivity index (χ0v) is 12.7. The van der Waals surface area contributed by atoms with Crippen LogP contribution in [0.4, 0.5) is 5.82 Å². The van der Waals surface area contributed by atoms with E-state index in [2.05, 4.69) is 20.9 Å². The summed E-state index contributed by atoms with van der Waals surface area (Å²) in [6.07, 6.45) is 2.12. The van der Waals surface area contributed by atoms with Crippen molar-refractivity contribution in [2.45, 2.75) is 33.2 Å². The second kappa shape index (κ2) is 6.60. The molecule has 0 aliphatic heterocycles. The molecule has 1 aromatic heterocycles. The maximum Gasteiger partial charge on any atom is 0.364 e. The Hall–Kier alpha value is -1.50. The monoisotopic (exact) mass is 329 g/mol. The van der Waals surface area contributed by atoms with Crippen LogP contribution in [0, 0.1) is 10.1 Å². The van der Waals surface area contributed by atoms with E-state index in [1.54, 1.807) is 4.90 Å². The third-order valence-electron chi connectivity index (χ3n) is 2.61. The van der Waals surface area contributed by atoms with Gasteiger partial charge in [-0.1, -0.05) is 6.92 Å². The normalized spacial score (nSPS) is 10.6. The van der Waals surface area contributed by atoms with Crippen LogP contribution >= 0.6 is 15.9 Å². The molecule has 0 atom stereocenters. The van der Waals surface area contributed by atoms with Crippen LogP contribution in [0.5, 0.6) is 0 Å². The minimum atomic E-state index is -0.608. The van der Waals surface area contributed by atoms with Gasteiger partial charge in [0.1, 0.15) is 0 Å². The SMILES string of the molecule is CCCN(C(=O)c1cc([N+](=O)[O-])ncc1Br)C(C)C. The van der Waals surface area contributed by atoms with Gasteiger partial charge in [0, 0.05) is 18.7 Å². The summed E-state index contributed by atoms with van der Waals surface area (Å²) in [7, 11) is 0. The molecule has 0 aliphatic rings. The summed E-state index contributed by atoms with van der Waals surface area (Å²) < 4.78 is 0.463. The number of hydrogen-bond acceptors (Lipinski definition) is 4. The van der Waals surface area contributed by atoms with E-state index in [-0.39, 0.29) is 23.3 Å². The van der Waals surface area contributed by atoms with Crippen molar-refractivity contribution in [2.24, 2.45) is 0 Å². The zero-order chi connectivity index (χ0) is 14.6. The number of hydrogen-bond donors (Lipinski definition) is 0. The van der Waals surface area contributed by atoms with Gasteiger partial charge in [-0.2, -0.15) is 0 Å². The number of nitrogens with zero attached hydrogens (tertiary/aromatic N) is 3. The van der Waals surface area contributed by atoms with Crippen LogP contribution in [0.1, 0.15) is 37.6 Å². The Morgan fingerprint density at radius 3 is 2.68 bits per heavy atom. The van der Waals surface area contributed by atoms with E-state index in [0.29, 0.717) is 11.0 Å². The highest BCUT2D eigenvalue weighted by molar-refractivity contribution is 9.10. The number of carbonyl (C=O) groups excluding carboxylic acids is 1. The fraction of sp³-hybridized carbons (Fsp3) is 0.500. The maximum absolute atomic E-state index is 12.4. The lowest BCUT2D eigenvalue weighted by Crippen LogP contribution is -2.37. The van der Waals surface area contributed by atoms with Crippen molar-refractivity contribution in [3.05, 3.63) is 32.4 Å². The fourth-order valence-corrected chi connectivity index (χ4v) is 2.07. The van der Waals surface area contributed by atoms with E-state index in [1.165, 1.54) is 12.3 Å². The predicted octanol–water partition coefficient (Wildman–Crippen LogP) is 3.01. The van der Waals surface area contributed by atoms with E-state index < -0.39 is 4.92 Å². The molecule has 1 heterocycles. The molecule has 0 spiro atoms. The molecule has 0 aliphatic carbocycles. The first-order valence-corrected chi connectivity index (χ1v) is 6.78. The van der Waals surface area contributed by atoms with Crippen molar-refractivity contribution in [3.8, 4) is 0 Å². The van der Waals surface area contributed by atoms with Gasteiger partial charge < -0.3 is 15.0 Å². The number of pyridine rings is 1. The minimum Gasteiger partial charge on any atom is -0.358 e. The van der Waals surface area contributed by atoms with Crippen molar-refractivity contribution in [1.82, 2.24) is 9.88 Å². The lowest BCUT2D eigenvalue weighted by molar-refractivity contribution is -0.389. The molecule has 6 nitrogen and oxygen atoms in total. The molecule has 1 rings (SSSR count). The van der Waals surface area contributed by atoms with E-state index in [9.17, 15) is 14.9 Å². The molecule has 0 fully saturated rings. The second-order valence-corrected chi connectivity index (χ2v) is 5.23. The second-order valence-electron chi connectivity index (χ2n) is 4.37. The van der Waals surface area contributed by atoms with Crippen LogP contribution in [0.3, 0.4) is 0 Å². The standard InChI is InChI=1S/C12H16BrN3O3/c1-4-5-15(8(2)3)12(17)9-6-11(16(18)19)14-7-10(9)13/h6-8H,4-5H2,1-3H3. The molecule has 0 bridgehead atoms. The summed E-state index contributed by atoms with van der Waals surface area (Å²) in [6.45, 7) is 6.42. The maximum atomic E-state index is 12.4. The average molecular weight is 330 g/mol. The number of carbonyl (C=O) groups is 1. The molecule has 0 saturated heterocycles. The van der Waals surface area contributed by atoms with Crippen molar-refractivity contribution in [2.75, 3.05) is 6.54 Å². The van der Waals surface area contributed by atoms with Gasteiger partial charge in [-0.05, 0) is 46.1 Å². The molecule has 0 unspecified atom stereocenters. The fourth-order valence-electron chi connectivity index (χ4n) is 1.68. The number of nitro groups is 1. The lowest BCUT2D eigenvalue weighted by atomic mass is 10.2. The number of halogens is 1. The Balaban J connectivity index is 3.16. The van der Waals surface area contributed by atoms with E-state index in [0.717, 1.165) is 6.42 Å². The van der Waals surface area contributed by atoms with Crippen LogP contribution in [-0.2, 0) is 0 Å². The van der Waals surface area contributed by atoms with E-state index in [1.807, 2.05) is 20.8 Å². The molecule has 19 heavy (non-hydrogen) atoms. The van der Waals surface area contributed by atoms with Crippen molar-refractivity contribution in [1.29, 1.82) is 0 Å². The summed E-state index contributed by atoms with van der Waals surface area (Å²) in [4.78, 5) is 27.9. The summed E-state index contributed by atoms with van der Waals surface area (Å²) in [5, 5.41) is 10.7. The zero-order valence-electron chi connectivity index (χ0n) is 11.1. The predicted molar refractivity (Wildman–Crippen MR) is 75.1 cm³/mol. The highest BCUT2D eigenvalue weighted by Crippen LogP contribution is 2.22. The van der Waals surface area contributed by atoms with Crippen LogP contribution in [-0.4, -0.2) is 33.3 Å².